The first-order valence-electron chi connectivity index (χ1n) is 8.26. The third-order valence-corrected chi connectivity index (χ3v) is 5.00. The van der Waals surface area contributed by atoms with Crippen LogP contribution in [0.25, 0.3) is 16.9 Å². The quantitative estimate of drug-likeness (QED) is 0.740. The zero-order valence-electron chi connectivity index (χ0n) is 14.1. The first-order chi connectivity index (χ1) is 12.5. The molecular formula is C18H17ClN4O3. The van der Waals surface area contributed by atoms with E-state index in [4.69, 9.17) is 11.6 Å². The molecule has 1 aromatic carbocycles. The number of carbonyl (C=O) groups excluding carboxylic acids is 1. The van der Waals surface area contributed by atoms with Crippen LogP contribution in [0.3, 0.4) is 0 Å². The maximum atomic E-state index is 12.7. The molecule has 1 fully saturated rings. The maximum Gasteiger partial charge on any atom is 0.294 e. The molecular weight excluding hydrogens is 356 g/mol. The van der Waals surface area contributed by atoms with Crippen LogP contribution in [-0.4, -0.2) is 49.1 Å². The molecule has 3 aromatic rings. The summed E-state index contributed by atoms with van der Waals surface area (Å²) in [5.41, 5.74) is 1.39. The zero-order valence-corrected chi connectivity index (χ0v) is 14.8. The van der Waals surface area contributed by atoms with Crippen molar-refractivity contribution in [3.05, 3.63) is 57.7 Å². The molecule has 3 heterocycles. The predicted molar refractivity (Wildman–Crippen MR) is 97.4 cm³/mol. The molecule has 0 unspecified atom stereocenters. The van der Waals surface area contributed by atoms with E-state index in [-0.39, 0.29) is 29.4 Å². The highest BCUT2D eigenvalue weighted by Gasteiger charge is 2.27. The van der Waals surface area contributed by atoms with Crippen molar-refractivity contribution in [1.82, 2.24) is 18.9 Å². The number of rotatable bonds is 2. The standard InChI is InChI=1S/C18H17ClN4O3/c1-21-15(12-4-2-3-5-13(12)19)10-23-9-14(20-16(23)18(21)26)17(25)22-7-6-11(24)8-22/h2-5,9-11,24H,6-8H2,1H3/t11-/m1/s1. The van der Waals surface area contributed by atoms with Crippen LogP contribution >= 0.6 is 11.6 Å². The van der Waals surface area contributed by atoms with Gasteiger partial charge in [0, 0.05) is 43.1 Å². The van der Waals surface area contributed by atoms with E-state index in [1.165, 1.54) is 4.57 Å². The molecule has 1 saturated heterocycles. The highest BCUT2D eigenvalue weighted by molar-refractivity contribution is 6.33. The average molecular weight is 373 g/mol. The summed E-state index contributed by atoms with van der Waals surface area (Å²) in [5.74, 6) is -0.286. The fourth-order valence-corrected chi connectivity index (χ4v) is 3.47. The second-order valence-corrected chi connectivity index (χ2v) is 6.82. The molecule has 134 valence electrons. The number of carbonyl (C=O) groups is 1. The van der Waals surface area contributed by atoms with Gasteiger partial charge in [-0.15, -0.1) is 0 Å². The normalized spacial score (nSPS) is 17.2. The molecule has 1 aliphatic heterocycles. The predicted octanol–water partition coefficient (Wildman–Crippen LogP) is 1.56. The molecule has 0 spiro atoms. The number of benzene rings is 1. The number of fused-ring (bicyclic) bond motifs is 1. The summed E-state index contributed by atoms with van der Waals surface area (Å²) >= 11 is 6.26. The molecule has 0 saturated carbocycles. The van der Waals surface area contributed by atoms with Gasteiger partial charge in [0.2, 0.25) is 5.65 Å². The fraction of sp³-hybridized carbons (Fsp3) is 0.278. The number of halogens is 1. The summed E-state index contributed by atoms with van der Waals surface area (Å²) in [4.78, 5) is 31.1. The Labute approximate surface area is 154 Å². The van der Waals surface area contributed by atoms with Crippen LogP contribution in [0.5, 0.6) is 0 Å². The SMILES string of the molecule is Cn1c(-c2ccccc2Cl)cn2cc(C(=O)N3CC[C@@H](O)C3)nc2c1=O. The third-order valence-electron chi connectivity index (χ3n) is 4.67. The highest BCUT2D eigenvalue weighted by atomic mass is 35.5. The number of aliphatic hydroxyl groups is 1. The summed E-state index contributed by atoms with van der Waals surface area (Å²) in [7, 11) is 1.65. The van der Waals surface area contributed by atoms with Gasteiger partial charge in [-0.25, -0.2) is 4.98 Å². The number of β-amino-alcohol motifs (C(OH)–C–C–N with tert-alkyl or cyclic N) is 1. The molecule has 0 radical (unpaired) electrons. The topological polar surface area (TPSA) is 79.8 Å². The minimum absolute atomic E-state index is 0.173. The average Bonchev–Trinajstić information content (AvgIpc) is 3.25. The van der Waals surface area contributed by atoms with E-state index >= 15 is 0 Å². The Balaban J connectivity index is 1.82. The Morgan fingerprint density at radius 2 is 2.08 bits per heavy atom. The Bertz CT molecular complexity index is 1070. The summed E-state index contributed by atoms with van der Waals surface area (Å²) in [6, 6.07) is 7.25. The van der Waals surface area contributed by atoms with Crippen molar-refractivity contribution in [2.75, 3.05) is 13.1 Å². The van der Waals surface area contributed by atoms with Gasteiger partial charge in [0.1, 0.15) is 5.69 Å². The van der Waals surface area contributed by atoms with Crippen molar-refractivity contribution in [1.29, 1.82) is 0 Å². The van der Waals surface area contributed by atoms with Gasteiger partial charge in [0.05, 0.1) is 11.8 Å². The lowest BCUT2D eigenvalue weighted by atomic mass is 10.1. The lowest BCUT2D eigenvalue weighted by Crippen LogP contribution is -2.29. The monoisotopic (exact) mass is 372 g/mol. The van der Waals surface area contributed by atoms with Crippen LogP contribution in [0.15, 0.2) is 41.5 Å². The van der Waals surface area contributed by atoms with E-state index in [0.717, 1.165) is 5.56 Å². The molecule has 0 aliphatic carbocycles. The van der Waals surface area contributed by atoms with Crippen LogP contribution in [0, 0.1) is 0 Å². The molecule has 0 bridgehead atoms. The second kappa shape index (κ2) is 6.26. The van der Waals surface area contributed by atoms with Crippen molar-refractivity contribution in [3.63, 3.8) is 0 Å². The number of aliphatic hydroxyl groups excluding tert-OH is 1. The Kier molecular flexibility index (Phi) is 4.05. The molecule has 2 aromatic heterocycles. The number of likely N-dealkylation sites (tertiary alicyclic amines) is 1. The molecule has 8 heteroatoms. The highest BCUT2D eigenvalue weighted by Crippen LogP contribution is 2.26. The van der Waals surface area contributed by atoms with Gasteiger partial charge in [-0.3, -0.25) is 14.0 Å². The Morgan fingerprint density at radius 3 is 2.77 bits per heavy atom. The zero-order chi connectivity index (χ0) is 18.4. The van der Waals surface area contributed by atoms with E-state index < -0.39 is 6.10 Å². The van der Waals surface area contributed by atoms with Gasteiger partial charge in [-0.1, -0.05) is 29.8 Å². The fourth-order valence-electron chi connectivity index (χ4n) is 3.24. The van der Waals surface area contributed by atoms with Crippen molar-refractivity contribution < 1.29 is 9.90 Å². The van der Waals surface area contributed by atoms with Crippen molar-refractivity contribution in [2.45, 2.75) is 12.5 Å². The van der Waals surface area contributed by atoms with Crippen LogP contribution in [0.1, 0.15) is 16.9 Å². The van der Waals surface area contributed by atoms with Gasteiger partial charge in [-0.05, 0) is 12.5 Å². The van der Waals surface area contributed by atoms with Crippen LogP contribution in [-0.2, 0) is 7.05 Å². The third kappa shape index (κ3) is 2.69. The number of hydrogen-bond donors (Lipinski definition) is 1. The maximum absolute atomic E-state index is 12.7. The molecule has 26 heavy (non-hydrogen) atoms. The van der Waals surface area contributed by atoms with E-state index in [1.807, 2.05) is 18.2 Å². The molecule has 1 N–H and O–H groups in total. The minimum atomic E-state index is -0.504. The van der Waals surface area contributed by atoms with Gasteiger partial charge >= 0.3 is 0 Å². The van der Waals surface area contributed by atoms with Gasteiger partial charge in [0.25, 0.3) is 11.5 Å². The van der Waals surface area contributed by atoms with Gasteiger partial charge in [-0.2, -0.15) is 0 Å². The largest absolute Gasteiger partial charge is 0.391 e. The molecule has 1 atom stereocenters. The Morgan fingerprint density at radius 1 is 1.31 bits per heavy atom. The minimum Gasteiger partial charge on any atom is -0.391 e. The summed E-state index contributed by atoms with van der Waals surface area (Å²) in [5, 5.41) is 10.2. The second-order valence-electron chi connectivity index (χ2n) is 6.41. The van der Waals surface area contributed by atoms with Crippen LogP contribution in [0.2, 0.25) is 5.02 Å². The summed E-state index contributed by atoms with van der Waals surface area (Å²) < 4.78 is 3.03. The lowest BCUT2D eigenvalue weighted by molar-refractivity contribution is 0.0760. The molecule has 7 nitrogen and oxygen atoms in total. The number of amides is 1. The lowest BCUT2D eigenvalue weighted by Gasteiger charge is -2.13. The van der Waals surface area contributed by atoms with Crippen molar-refractivity contribution in [2.24, 2.45) is 7.05 Å². The van der Waals surface area contributed by atoms with E-state index in [0.29, 0.717) is 23.7 Å². The van der Waals surface area contributed by atoms with Crippen LogP contribution in [0.4, 0.5) is 0 Å². The smallest absolute Gasteiger partial charge is 0.294 e. The molecule has 4 rings (SSSR count). The number of nitrogens with zero attached hydrogens (tertiary/aromatic N) is 4. The number of imidazole rings is 1. The van der Waals surface area contributed by atoms with E-state index in [2.05, 4.69) is 4.98 Å². The van der Waals surface area contributed by atoms with E-state index in [1.54, 1.807) is 34.8 Å². The first kappa shape index (κ1) is 16.8. The summed E-state index contributed by atoms with van der Waals surface area (Å²) in [6.45, 7) is 0.770. The molecule has 1 amide bonds. The first-order valence-corrected chi connectivity index (χ1v) is 8.64. The van der Waals surface area contributed by atoms with Gasteiger partial charge < -0.3 is 14.6 Å². The molecule has 1 aliphatic rings. The Hall–Kier alpha value is -2.64. The van der Waals surface area contributed by atoms with Gasteiger partial charge in [0.15, 0.2) is 0 Å². The van der Waals surface area contributed by atoms with Crippen LogP contribution < -0.4 is 5.56 Å². The number of aromatic nitrogens is 3. The van der Waals surface area contributed by atoms with E-state index in [9.17, 15) is 14.7 Å². The number of hydrogen-bond acceptors (Lipinski definition) is 4. The van der Waals surface area contributed by atoms with Crippen molar-refractivity contribution in [3.8, 4) is 11.3 Å². The summed E-state index contributed by atoms with van der Waals surface area (Å²) in [6.07, 6.45) is 3.33. The van der Waals surface area contributed by atoms with Crippen molar-refractivity contribution >= 4 is 23.2 Å².